The molecule has 0 bridgehead atoms. The molecule has 3 unspecified atom stereocenters. The van der Waals surface area contributed by atoms with E-state index < -0.39 is 0 Å². The minimum atomic E-state index is 0.490. The molecule has 0 aromatic heterocycles. The Morgan fingerprint density at radius 3 is 2.76 bits per heavy atom. The Morgan fingerprint density at radius 1 is 1.29 bits per heavy atom. The van der Waals surface area contributed by atoms with E-state index in [0.717, 1.165) is 18.4 Å². The molecule has 1 aliphatic rings. The van der Waals surface area contributed by atoms with Gasteiger partial charge in [-0.2, -0.15) is 0 Å². The van der Waals surface area contributed by atoms with Gasteiger partial charge in [0.25, 0.3) is 0 Å². The van der Waals surface area contributed by atoms with Crippen molar-refractivity contribution >= 4 is 0 Å². The number of nitrogens with one attached hydrogen (secondary N) is 1. The second kappa shape index (κ2) is 7.95. The van der Waals surface area contributed by atoms with Crippen molar-refractivity contribution in [3.05, 3.63) is 35.4 Å². The lowest BCUT2D eigenvalue weighted by molar-refractivity contribution is 0.133. The molecule has 1 aromatic carbocycles. The largest absolute Gasteiger partial charge is 0.310 e. The average Bonchev–Trinajstić information content (AvgIpc) is 2.47. The maximum Gasteiger partial charge on any atom is 0.0332 e. The van der Waals surface area contributed by atoms with Crippen molar-refractivity contribution < 1.29 is 0 Å². The standard InChI is InChI=1S/C19H32N2/c1-5-20-19(18-8-6-7-15(2)13-18)10-12-21-11-9-16(3)17(4)14-21/h6-8,13,16-17,19-20H,5,9-12,14H2,1-4H3. The van der Waals surface area contributed by atoms with Crippen molar-refractivity contribution in [2.24, 2.45) is 11.8 Å². The second-order valence-electron chi connectivity index (χ2n) is 6.86. The van der Waals surface area contributed by atoms with Crippen LogP contribution in [0.5, 0.6) is 0 Å². The summed E-state index contributed by atoms with van der Waals surface area (Å²) < 4.78 is 0. The van der Waals surface area contributed by atoms with Crippen molar-refractivity contribution in [3.8, 4) is 0 Å². The first-order valence-corrected chi connectivity index (χ1v) is 8.62. The van der Waals surface area contributed by atoms with Crippen LogP contribution in [0.15, 0.2) is 24.3 Å². The Hall–Kier alpha value is -0.860. The first-order valence-electron chi connectivity index (χ1n) is 8.62. The Bertz CT molecular complexity index is 429. The summed E-state index contributed by atoms with van der Waals surface area (Å²) >= 11 is 0. The van der Waals surface area contributed by atoms with Gasteiger partial charge in [-0.1, -0.05) is 50.6 Å². The molecule has 2 rings (SSSR count). The molecule has 2 heteroatoms. The van der Waals surface area contributed by atoms with Crippen LogP contribution < -0.4 is 5.32 Å². The summed E-state index contributed by atoms with van der Waals surface area (Å²) in [4.78, 5) is 2.66. The van der Waals surface area contributed by atoms with E-state index in [0.29, 0.717) is 6.04 Å². The van der Waals surface area contributed by atoms with Gasteiger partial charge in [0.05, 0.1) is 0 Å². The zero-order valence-electron chi connectivity index (χ0n) is 14.2. The van der Waals surface area contributed by atoms with Crippen LogP contribution in [0.2, 0.25) is 0 Å². The Kier molecular flexibility index (Phi) is 6.25. The number of nitrogens with zero attached hydrogens (tertiary/aromatic N) is 1. The maximum atomic E-state index is 3.66. The van der Waals surface area contributed by atoms with E-state index in [1.165, 1.54) is 43.6 Å². The fourth-order valence-corrected chi connectivity index (χ4v) is 3.38. The molecule has 3 atom stereocenters. The van der Waals surface area contributed by atoms with E-state index in [4.69, 9.17) is 0 Å². The van der Waals surface area contributed by atoms with Gasteiger partial charge < -0.3 is 10.2 Å². The Labute approximate surface area is 130 Å². The highest BCUT2D eigenvalue weighted by Crippen LogP contribution is 2.24. The van der Waals surface area contributed by atoms with E-state index >= 15 is 0 Å². The van der Waals surface area contributed by atoms with Crippen LogP contribution in [0.1, 0.15) is 50.8 Å². The fraction of sp³-hybridized carbons (Fsp3) is 0.684. The van der Waals surface area contributed by atoms with Crippen molar-refractivity contribution in [1.82, 2.24) is 10.2 Å². The molecule has 1 fully saturated rings. The van der Waals surface area contributed by atoms with Gasteiger partial charge in [0.15, 0.2) is 0 Å². The molecule has 21 heavy (non-hydrogen) atoms. The quantitative estimate of drug-likeness (QED) is 0.850. The van der Waals surface area contributed by atoms with Crippen LogP contribution in [0.3, 0.4) is 0 Å². The predicted octanol–water partition coefficient (Wildman–Crippen LogP) is 4.01. The maximum absolute atomic E-state index is 3.66. The van der Waals surface area contributed by atoms with Gasteiger partial charge in [0.1, 0.15) is 0 Å². The fourth-order valence-electron chi connectivity index (χ4n) is 3.38. The number of benzene rings is 1. The monoisotopic (exact) mass is 288 g/mol. The smallest absolute Gasteiger partial charge is 0.0332 e. The molecule has 0 saturated carbocycles. The van der Waals surface area contributed by atoms with Gasteiger partial charge in [0.2, 0.25) is 0 Å². The van der Waals surface area contributed by atoms with Crippen molar-refractivity contribution in [3.63, 3.8) is 0 Å². The number of hydrogen-bond acceptors (Lipinski definition) is 2. The first-order chi connectivity index (χ1) is 10.1. The summed E-state index contributed by atoms with van der Waals surface area (Å²) in [6.07, 6.45) is 2.57. The second-order valence-corrected chi connectivity index (χ2v) is 6.86. The van der Waals surface area contributed by atoms with Crippen LogP contribution in [0.25, 0.3) is 0 Å². The minimum absolute atomic E-state index is 0.490. The highest BCUT2D eigenvalue weighted by molar-refractivity contribution is 5.25. The lowest BCUT2D eigenvalue weighted by Gasteiger charge is -2.36. The third-order valence-electron chi connectivity index (χ3n) is 5.05. The van der Waals surface area contributed by atoms with E-state index in [9.17, 15) is 0 Å². The first kappa shape index (κ1) is 16.5. The predicted molar refractivity (Wildman–Crippen MR) is 91.6 cm³/mol. The number of rotatable bonds is 6. The highest BCUT2D eigenvalue weighted by Gasteiger charge is 2.23. The van der Waals surface area contributed by atoms with E-state index in [-0.39, 0.29) is 0 Å². The van der Waals surface area contributed by atoms with Gasteiger partial charge in [-0.25, -0.2) is 0 Å². The lowest BCUT2D eigenvalue weighted by Crippen LogP contribution is -2.40. The third-order valence-corrected chi connectivity index (χ3v) is 5.05. The molecule has 1 saturated heterocycles. The Balaban J connectivity index is 1.91. The summed E-state index contributed by atoms with van der Waals surface area (Å²) in [7, 11) is 0. The van der Waals surface area contributed by atoms with E-state index in [2.05, 4.69) is 62.2 Å². The third kappa shape index (κ3) is 4.82. The summed E-state index contributed by atoms with van der Waals surface area (Å²) in [6.45, 7) is 14.0. The van der Waals surface area contributed by atoms with Crippen molar-refractivity contribution in [2.75, 3.05) is 26.2 Å². The molecule has 1 heterocycles. The van der Waals surface area contributed by atoms with Crippen LogP contribution in [0.4, 0.5) is 0 Å². The molecular weight excluding hydrogens is 256 g/mol. The average molecular weight is 288 g/mol. The van der Waals surface area contributed by atoms with E-state index in [1.807, 2.05) is 0 Å². The molecular formula is C19H32N2. The topological polar surface area (TPSA) is 15.3 Å². The molecule has 0 spiro atoms. The molecule has 2 nitrogen and oxygen atoms in total. The number of piperidine rings is 1. The molecule has 1 aliphatic heterocycles. The number of hydrogen-bond donors (Lipinski definition) is 1. The zero-order chi connectivity index (χ0) is 15.2. The van der Waals surface area contributed by atoms with Crippen LogP contribution in [-0.4, -0.2) is 31.1 Å². The summed E-state index contributed by atoms with van der Waals surface area (Å²) in [5, 5.41) is 3.66. The van der Waals surface area contributed by atoms with E-state index in [1.54, 1.807) is 0 Å². The highest BCUT2D eigenvalue weighted by atomic mass is 15.1. The summed E-state index contributed by atoms with van der Waals surface area (Å²) in [5.74, 6) is 1.73. The van der Waals surface area contributed by atoms with Gasteiger partial charge in [-0.15, -0.1) is 0 Å². The van der Waals surface area contributed by atoms with Gasteiger partial charge in [0, 0.05) is 12.6 Å². The molecule has 0 amide bonds. The number of likely N-dealkylation sites (tertiary alicyclic amines) is 1. The van der Waals surface area contributed by atoms with Gasteiger partial charge >= 0.3 is 0 Å². The van der Waals surface area contributed by atoms with Crippen molar-refractivity contribution in [1.29, 1.82) is 0 Å². The number of aryl methyl sites for hydroxylation is 1. The molecule has 0 aliphatic carbocycles. The molecule has 1 aromatic rings. The zero-order valence-corrected chi connectivity index (χ0v) is 14.2. The van der Waals surface area contributed by atoms with Crippen LogP contribution in [-0.2, 0) is 0 Å². The lowest BCUT2D eigenvalue weighted by atomic mass is 9.88. The molecule has 1 N–H and O–H groups in total. The summed E-state index contributed by atoms with van der Waals surface area (Å²) in [6, 6.07) is 9.44. The molecule has 0 radical (unpaired) electrons. The minimum Gasteiger partial charge on any atom is -0.310 e. The van der Waals surface area contributed by atoms with Crippen LogP contribution in [0, 0.1) is 18.8 Å². The van der Waals surface area contributed by atoms with Gasteiger partial charge in [-0.05, 0) is 56.8 Å². The normalized spacial score (nSPS) is 25.0. The van der Waals surface area contributed by atoms with Crippen molar-refractivity contribution in [2.45, 2.75) is 46.6 Å². The Morgan fingerprint density at radius 2 is 2.10 bits per heavy atom. The molecule has 118 valence electrons. The van der Waals surface area contributed by atoms with Crippen LogP contribution >= 0.6 is 0 Å². The SMILES string of the molecule is CCNC(CCN1CCC(C)C(C)C1)c1cccc(C)c1. The summed E-state index contributed by atoms with van der Waals surface area (Å²) in [5.41, 5.74) is 2.80. The van der Waals surface area contributed by atoms with Gasteiger partial charge in [-0.3, -0.25) is 0 Å².